The number of anilines is 1. The number of hydrogen-bond acceptors (Lipinski definition) is 4. The summed E-state index contributed by atoms with van der Waals surface area (Å²) in [6.45, 7) is 3.29. The zero-order valence-electron chi connectivity index (χ0n) is 14.9. The SMILES string of the molecule is Cc1cccc2c3c([nH]c12)CN(OC(=O)Nc1n[nH]c2ccccc12)CC3. The molecule has 2 aromatic heterocycles. The molecule has 5 rings (SSSR count). The number of rotatable bonds is 2. The van der Waals surface area contributed by atoms with Crippen molar-refractivity contribution in [1.29, 1.82) is 0 Å². The summed E-state index contributed by atoms with van der Waals surface area (Å²) in [5, 5.41) is 13.5. The molecule has 3 heterocycles. The molecule has 2 aromatic carbocycles. The van der Waals surface area contributed by atoms with Crippen LogP contribution in [0.25, 0.3) is 21.8 Å². The van der Waals surface area contributed by atoms with Crippen molar-refractivity contribution in [3.05, 3.63) is 59.3 Å². The monoisotopic (exact) mass is 361 g/mol. The maximum Gasteiger partial charge on any atom is 0.432 e. The van der Waals surface area contributed by atoms with Crippen molar-refractivity contribution in [2.45, 2.75) is 19.9 Å². The summed E-state index contributed by atoms with van der Waals surface area (Å²) in [5.41, 5.74) is 5.66. The van der Waals surface area contributed by atoms with Gasteiger partial charge in [-0.1, -0.05) is 30.3 Å². The van der Waals surface area contributed by atoms with Crippen LogP contribution in [0.1, 0.15) is 16.8 Å². The van der Waals surface area contributed by atoms with Gasteiger partial charge in [-0.25, -0.2) is 4.79 Å². The summed E-state index contributed by atoms with van der Waals surface area (Å²) in [4.78, 5) is 21.3. The normalized spacial score (nSPS) is 14.4. The van der Waals surface area contributed by atoms with Crippen LogP contribution in [0.3, 0.4) is 0 Å². The molecule has 3 N–H and O–H groups in total. The van der Waals surface area contributed by atoms with E-state index >= 15 is 0 Å². The molecule has 1 aliphatic rings. The van der Waals surface area contributed by atoms with Gasteiger partial charge in [-0.15, -0.1) is 5.06 Å². The number of fused-ring (bicyclic) bond motifs is 4. The Morgan fingerprint density at radius 3 is 2.96 bits per heavy atom. The third-order valence-electron chi connectivity index (χ3n) is 5.09. The number of aryl methyl sites for hydroxylation is 1. The fourth-order valence-corrected chi connectivity index (χ4v) is 3.76. The zero-order chi connectivity index (χ0) is 18.4. The Morgan fingerprint density at radius 2 is 2.04 bits per heavy atom. The van der Waals surface area contributed by atoms with Crippen LogP contribution in [0, 0.1) is 6.92 Å². The Bertz CT molecular complexity index is 1160. The van der Waals surface area contributed by atoms with Crippen molar-refractivity contribution in [3.8, 4) is 0 Å². The van der Waals surface area contributed by atoms with Gasteiger partial charge in [0.05, 0.1) is 12.1 Å². The summed E-state index contributed by atoms with van der Waals surface area (Å²) >= 11 is 0. The van der Waals surface area contributed by atoms with Crippen LogP contribution in [0.5, 0.6) is 0 Å². The Morgan fingerprint density at radius 1 is 1.19 bits per heavy atom. The van der Waals surface area contributed by atoms with Gasteiger partial charge in [0.2, 0.25) is 0 Å². The molecule has 0 aliphatic carbocycles. The first kappa shape index (κ1) is 15.9. The number of nitrogens with one attached hydrogen (secondary N) is 3. The fraction of sp³-hybridized carbons (Fsp3) is 0.200. The van der Waals surface area contributed by atoms with Crippen molar-refractivity contribution >= 4 is 33.7 Å². The van der Waals surface area contributed by atoms with Crippen molar-refractivity contribution in [1.82, 2.24) is 20.2 Å². The van der Waals surface area contributed by atoms with Gasteiger partial charge in [0.15, 0.2) is 5.82 Å². The number of para-hydroxylation sites is 2. The summed E-state index contributed by atoms with van der Waals surface area (Å²) in [7, 11) is 0. The molecule has 1 aliphatic heterocycles. The Hall–Kier alpha value is -3.32. The van der Waals surface area contributed by atoms with E-state index in [1.807, 2.05) is 24.3 Å². The lowest BCUT2D eigenvalue weighted by Crippen LogP contribution is -2.34. The first-order valence-electron chi connectivity index (χ1n) is 8.95. The van der Waals surface area contributed by atoms with E-state index < -0.39 is 6.09 Å². The highest BCUT2D eigenvalue weighted by atomic mass is 16.7. The summed E-state index contributed by atoms with van der Waals surface area (Å²) in [5.74, 6) is 0.467. The molecule has 4 aromatic rings. The molecule has 0 spiro atoms. The van der Waals surface area contributed by atoms with Gasteiger partial charge < -0.3 is 9.82 Å². The molecule has 0 atom stereocenters. The average Bonchev–Trinajstić information content (AvgIpc) is 3.24. The van der Waals surface area contributed by atoms with Crippen molar-refractivity contribution in [3.63, 3.8) is 0 Å². The van der Waals surface area contributed by atoms with E-state index in [9.17, 15) is 4.79 Å². The first-order valence-corrected chi connectivity index (χ1v) is 8.95. The molecule has 7 heteroatoms. The summed E-state index contributed by atoms with van der Waals surface area (Å²) < 4.78 is 0. The van der Waals surface area contributed by atoms with E-state index in [0.29, 0.717) is 18.9 Å². The Kier molecular flexibility index (Phi) is 3.61. The van der Waals surface area contributed by atoms with E-state index in [2.05, 4.69) is 45.6 Å². The van der Waals surface area contributed by atoms with Gasteiger partial charge in [-0.3, -0.25) is 10.4 Å². The predicted molar refractivity (Wildman–Crippen MR) is 103 cm³/mol. The highest BCUT2D eigenvalue weighted by Crippen LogP contribution is 2.29. The third kappa shape index (κ3) is 2.72. The van der Waals surface area contributed by atoms with E-state index in [-0.39, 0.29) is 0 Å². The average molecular weight is 361 g/mol. The topological polar surface area (TPSA) is 86.0 Å². The van der Waals surface area contributed by atoms with Crippen LogP contribution in [0.4, 0.5) is 10.6 Å². The third-order valence-corrected chi connectivity index (χ3v) is 5.09. The number of nitrogens with zero attached hydrogens (tertiary/aromatic N) is 2. The second kappa shape index (κ2) is 6.14. The van der Waals surface area contributed by atoms with E-state index in [0.717, 1.165) is 28.5 Å². The molecule has 0 saturated carbocycles. The zero-order valence-corrected chi connectivity index (χ0v) is 14.9. The van der Waals surface area contributed by atoms with Crippen LogP contribution in [0.15, 0.2) is 42.5 Å². The maximum atomic E-state index is 12.3. The minimum Gasteiger partial charge on any atom is -0.357 e. The van der Waals surface area contributed by atoms with Gasteiger partial charge in [-0.2, -0.15) is 5.10 Å². The number of hydroxylamine groups is 2. The van der Waals surface area contributed by atoms with Gasteiger partial charge in [0.25, 0.3) is 0 Å². The highest BCUT2D eigenvalue weighted by molar-refractivity contribution is 5.97. The second-order valence-electron chi connectivity index (χ2n) is 6.81. The number of carbonyl (C=O) groups excluding carboxylic acids is 1. The summed E-state index contributed by atoms with van der Waals surface area (Å²) in [6.07, 6.45) is 0.292. The van der Waals surface area contributed by atoms with Crippen LogP contribution in [-0.4, -0.2) is 32.9 Å². The molecule has 0 radical (unpaired) electrons. The maximum absolute atomic E-state index is 12.3. The molecule has 0 bridgehead atoms. The highest BCUT2D eigenvalue weighted by Gasteiger charge is 2.24. The Labute approximate surface area is 155 Å². The Balaban J connectivity index is 1.31. The molecular formula is C20H19N5O2. The number of aromatic nitrogens is 3. The smallest absolute Gasteiger partial charge is 0.357 e. The summed E-state index contributed by atoms with van der Waals surface area (Å²) in [6, 6.07) is 13.9. The number of benzene rings is 2. The van der Waals surface area contributed by atoms with Crippen molar-refractivity contribution in [2.75, 3.05) is 11.9 Å². The van der Waals surface area contributed by atoms with Crippen LogP contribution in [0.2, 0.25) is 0 Å². The lowest BCUT2D eigenvalue weighted by atomic mass is 10.0. The largest absolute Gasteiger partial charge is 0.432 e. The standard InChI is InChI=1S/C20H19N5O2/c1-12-5-4-7-14-13-9-10-25(11-17(13)21-18(12)14)27-20(26)22-19-15-6-2-3-8-16(15)23-24-19/h2-8,21H,9-11H2,1H3,(H2,22,23,24,26). The number of carbonyl (C=O) groups is 1. The molecule has 27 heavy (non-hydrogen) atoms. The van der Waals surface area contributed by atoms with Crippen molar-refractivity contribution in [2.24, 2.45) is 0 Å². The quantitative estimate of drug-likeness (QED) is 0.506. The molecule has 7 nitrogen and oxygen atoms in total. The van der Waals surface area contributed by atoms with Crippen LogP contribution in [-0.2, 0) is 17.8 Å². The minimum atomic E-state index is -0.539. The number of aromatic amines is 2. The van der Waals surface area contributed by atoms with Crippen LogP contribution >= 0.6 is 0 Å². The van der Waals surface area contributed by atoms with Crippen LogP contribution < -0.4 is 5.32 Å². The molecule has 1 amide bonds. The number of amides is 1. The van der Waals surface area contributed by atoms with Crippen molar-refractivity contribution < 1.29 is 9.63 Å². The molecule has 136 valence electrons. The van der Waals surface area contributed by atoms with E-state index in [1.54, 1.807) is 5.06 Å². The number of hydrogen-bond donors (Lipinski definition) is 3. The second-order valence-corrected chi connectivity index (χ2v) is 6.81. The molecule has 0 fully saturated rings. The molecular weight excluding hydrogens is 342 g/mol. The van der Waals surface area contributed by atoms with Gasteiger partial charge >= 0.3 is 6.09 Å². The number of H-pyrrole nitrogens is 2. The molecule has 0 unspecified atom stereocenters. The predicted octanol–water partition coefficient (Wildman–Crippen LogP) is 3.87. The first-order chi connectivity index (χ1) is 13.2. The van der Waals surface area contributed by atoms with E-state index in [1.165, 1.54) is 16.5 Å². The van der Waals surface area contributed by atoms with E-state index in [4.69, 9.17) is 4.84 Å². The minimum absolute atomic E-state index is 0.467. The van der Waals surface area contributed by atoms with Gasteiger partial charge in [0, 0.05) is 28.5 Å². The lowest BCUT2D eigenvalue weighted by molar-refractivity contribution is -0.106. The molecule has 0 saturated heterocycles. The lowest BCUT2D eigenvalue weighted by Gasteiger charge is -2.25. The van der Waals surface area contributed by atoms with Gasteiger partial charge in [-0.05, 0) is 36.6 Å². The van der Waals surface area contributed by atoms with Gasteiger partial charge in [0.1, 0.15) is 0 Å². The fourth-order valence-electron chi connectivity index (χ4n) is 3.76.